The smallest absolute Gasteiger partial charge is 0.311 e. The van der Waals surface area contributed by atoms with E-state index in [0.29, 0.717) is 29.9 Å². The van der Waals surface area contributed by atoms with Crippen molar-refractivity contribution in [3.05, 3.63) is 23.3 Å². The summed E-state index contributed by atoms with van der Waals surface area (Å²) in [5.41, 5.74) is 0.298. The number of rotatable bonds is 4. The summed E-state index contributed by atoms with van der Waals surface area (Å²) in [6.07, 6.45) is -0.785. The minimum atomic E-state index is -1.07. The van der Waals surface area contributed by atoms with Crippen LogP contribution in [0.3, 0.4) is 0 Å². The van der Waals surface area contributed by atoms with Crippen LogP contribution in [0.4, 0.5) is 0 Å². The molecule has 0 fully saturated rings. The van der Waals surface area contributed by atoms with Crippen LogP contribution in [0.5, 0.6) is 11.5 Å². The Morgan fingerprint density at radius 3 is 2.56 bits per heavy atom. The molecular formula is C20H24O7. The second-order valence-corrected chi connectivity index (χ2v) is 7.69. The first-order valence-electron chi connectivity index (χ1n) is 9.03. The second kappa shape index (κ2) is 6.87. The third kappa shape index (κ3) is 3.63. The predicted molar refractivity (Wildman–Crippen MR) is 94.3 cm³/mol. The van der Waals surface area contributed by atoms with Gasteiger partial charge in [-0.1, -0.05) is 19.9 Å². The van der Waals surface area contributed by atoms with Crippen molar-refractivity contribution in [2.45, 2.75) is 65.3 Å². The fourth-order valence-electron chi connectivity index (χ4n) is 3.38. The molecule has 0 radical (unpaired) electrons. The van der Waals surface area contributed by atoms with Gasteiger partial charge in [0.2, 0.25) is 0 Å². The Kier molecular flexibility index (Phi) is 4.88. The molecule has 0 aliphatic carbocycles. The summed E-state index contributed by atoms with van der Waals surface area (Å²) in [6.45, 7) is 8.15. The van der Waals surface area contributed by atoms with E-state index in [1.165, 1.54) is 6.92 Å². The Labute approximate surface area is 157 Å². The van der Waals surface area contributed by atoms with Crippen LogP contribution in [0.2, 0.25) is 0 Å². The third-order valence-electron chi connectivity index (χ3n) is 4.67. The molecule has 27 heavy (non-hydrogen) atoms. The van der Waals surface area contributed by atoms with Gasteiger partial charge in [0, 0.05) is 6.92 Å². The van der Waals surface area contributed by atoms with Crippen LogP contribution < -0.4 is 9.47 Å². The van der Waals surface area contributed by atoms with Crippen LogP contribution in [0.1, 0.15) is 58.3 Å². The molecule has 0 N–H and O–H groups in total. The lowest BCUT2D eigenvalue weighted by Gasteiger charge is -2.33. The molecule has 2 aliphatic rings. The van der Waals surface area contributed by atoms with Crippen molar-refractivity contribution in [1.29, 1.82) is 0 Å². The minimum Gasteiger partial charge on any atom is -0.481 e. The molecule has 0 saturated carbocycles. The standard InChI is InChI=1S/C20H24O7/c1-10(2)19(23)26-17-15-13(24-18(17)20(4,5)27-11(3)21)8-6-12-7-9-14(22)25-16(12)15/h6,8,10,17-18H,7,9H2,1-5H3/t17-,18-/m0/s1. The minimum absolute atomic E-state index is 0.297. The maximum Gasteiger partial charge on any atom is 0.311 e. The van der Waals surface area contributed by atoms with Gasteiger partial charge in [-0.05, 0) is 31.9 Å². The number of hydrogen-bond donors (Lipinski definition) is 0. The zero-order valence-corrected chi connectivity index (χ0v) is 16.2. The lowest BCUT2D eigenvalue weighted by atomic mass is 9.91. The average molecular weight is 376 g/mol. The van der Waals surface area contributed by atoms with Gasteiger partial charge in [-0.25, -0.2) is 0 Å². The quantitative estimate of drug-likeness (QED) is 0.590. The van der Waals surface area contributed by atoms with Crippen LogP contribution in [0.15, 0.2) is 12.1 Å². The molecule has 0 bridgehead atoms. The molecule has 3 rings (SSSR count). The molecule has 2 atom stereocenters. The van der Waals surface area contributed by atoms with E-state index in [1.54, 1.807) is 33.8 Å². The second-order valence-electron chi connectivity index (χ2n) is 7.69. The number of hydrogen-bond acceptors (Lipinski definition) is 7. The lowest BCUT2D eigenvalue weighted by molar-refractivity contribution is -0.177. The molecule has 1 aromatic carbocycles. The summed E-state index contributed by atoms with van der Waals surface area (Å²) in [4.78, 5) is 35.7. The molecule has 1 aromatic rings. The zero-order valence-electron chi connectivity index (χ0n) is 16.2. The zero-order chi connectivity index (χ0) is 19.9. The molecule has 2 aliphatic heterocycles. The number of carbonyl (C=O) groups excluding carboxylic acids is 3. The topological polar surface area (TPSA) is 88.1 Å². The number of esters is 3. The van der Waals surface area contributed by atoms with E-state index in [0.717, 1.165) is 5.56 Å². The molecule has 146 valence electrons. The van der Waals surface area contributed by atoms with Crippen LogP contribution in [-0.4, -0.2) is 29.6 Å². The summed E-state index contributed by atoms with van der Waals surface area (Å²) in [5, 5.41) is 0. The Bertz CT molecular complexity index is 794. The van der Waals surface area contributed by atoms with Crippen molar-refractivity contribution in [3.8, 4) is 11.5 Å². The van der Waals surface area contributed by atoms with Gasteiger partial charge in [0.05, 0.1) is 17.9 Å². The van der Waals surface area contributed by atoms with E-state index >= 15 is 0 Å². The largest absolute Gasteiger partial charge is 0.481 e. The number of carbonyl (C=O) groups is 3. The lowest BCUT2D eigenvalue weighted by Crippen LogP contribution is -2.46. The Hall–Kier alpha value is -2.57. The normalized spacial score (nSPS) is 21.0. The van der Waals surface area contributed by atoms with Crippen molar-refractivity contribution < 1.29 is 33.3 Å². The van der Waals surface area contributed by atoms with Crippen LogP contribution in [0, 0.1) is 5.92 Å². The highest BCUT2D eigenvalue weighted by molar-refractivity contribution is 5.78. The van der Waals surface area contributed by atoms with E-state index in [2.05, 4.69) is 0 Å². The third-order valence-corrected chi connectivity index (χ3v) is 4.67. The predicted octanol–water partition coefficient (Wildman–Crippen LogP) is 2.88. The van der Waals surface area contributed by atoms with E-state index < -0.39 is 29.7 Å². The van der Waals surface area contributed by atoms with Gasteiger partial charge < -0.3 is 18.9 Å². The van der Waals surface area contributed by atoms with E-state index in [1.807, 2.05) is 6.07 Å². The first kappa shape index (κ1) is 19.2. The van der Waals surface area contributed by atoms with Gasteiger partial charge >= 0.3 is 17.9 Å². The Morgan fingerprint density at radius 2 is 1.93 bits per heavy atom. The van der Waals surface area contributed by atoms with Gasteiger partial charge in [-0.3, -0.25) is 14.4 Å². The molecule has 0 spiro atoms. The highest BCUT2D eigenvalue weighted by atomic mass is 16.6. The van der Waals surface area contributed by atoms with Gasteiger partial charge in [-0.2, -0.15) is 0 Å². The van der Waals surface area contributed by atoms with Crippen molar-refractivity contribution in [2.75, 3.05) is 0 Å². The fourth-order valence-corrected chi connectivity index (χ4v) is 3.38. The molecule has 0 amide bonds. The summed E-state index contributed by atoms with van der Waals surface area (Å²) >= 11 is 0. The number of aryl methyl sites for hydroxylation is 1. The van der Waals surface area contributed by atoms with Crippen LogP contribution in [0.25, 0.3) is 0 Å². The highest BCUT2D eigenvalue weighted by Gasteiger charge is 2.51. The van der Waals surface area contributed by atoms with Crippen molar-refractivity contribution in [3.63, 3.8) is 0 Å². The first-order valence-corrected chi connectivity index (χ1v) is 9.03. The SMILES string of the molecule is CC(=O)OC(C)(C)[C@H]1Oc2ccc3c(c2[C@@H]1OC(=O)C(C)C)OC(=O)CC3. The van der Waals surface area contributed by atoms with Crippen molar-refractivity contribution >= 4 is 17.9 Å². The molecule has 0 aromatic heterocycles. The van der Waals surface area contributed by atoms with E-state index in [4.69, 9.17) is 18.9 Å². The van der Waals surface area contributed by atoms with Gasteiger partial charge in [0.15, 0.2) is 12.2 Å². The summed E-state index contributed by atoms with van der Waals surface area (Å²) in [5.74, 6) is -0.746. The van der Waals surface area contributed by atoms with Crippen molar-refractivity contribution in [1.82, 2.24) is 0 Å². The number of benzene rings is 1. The van der Waals surface area contributed by atoms with Gasteiger partial charge in [0.25, 0.3) is 0 Å². The highest BCUT2D eigenvalue weighted by Crippen LogP contribution is 2.50. The first-order chi connectivity index (χ1) is 12.6. The van der Waals surface area contributed by atoms with E-state index in [-0.39, 0.29) is 11.9 Å². The molecular weight excluding hydrogens is 352 g/mol. The van der Waals surface area contributed by atoms with Crippen LogP contribution >= 0.6 is 0 Å². The molecule has 0 unspecified atom stereocenters. The molecule has 7 nitrogen and oxygen atoms in total. The molecule has 0 saturated heterocycles. The van der Waals surface area contributed by atoms with Crippen LogP contribution in [-0.2, 0) is 30.3 Å². The maximum absolute atomic E-state index is 12.3. The van der Waals surface area contributed by atoms with Gasteiger partial charge in [0.1, 0.15) is 17.1 Å². The summed E-state index contributed by atoms with van der Waals surface area (Å²) < 4.78 is 22.7. The number of fused-ring (bicyclic) bond motifs is 3. The van der Waals surface area contributed by atoms with Crippen molar-refractivity contribution in [2.24, 2.45) is 5.92 Å². The Balaban J connectivity index is 2.06. The van der Waals surface area contributed by atoms with Gasteiger partial charge in [-0.15, -0.1) is 0 Å². The average Bonchev–Trinajstić information content (AvgIpc) is 2.93. The molecule has 7 heteroatoms. The summed E-state index contributed by atoms with van der Waals surface area (Å²) in [6, 6.07) is 3.61. The monoisotopic (exact) mass is 376 g/mol. The molecule has 2 heterocycles. The Morgan fingerprint density at radius 1 is 1.22 bits per heavy atom. The summed E-state index contributed by atoms with van der Waals surface area (Å²) in [7, 11) is 0. The maximum atomic E-state index is 12.3. The number of ether oxygens (including phenoxy) is 4. The fraction of sp³-hybridized carbons (Fsp3) is 0.550. The van der Waals surface area contributed by atoms with E-state index in [9.17, 15) is 14.4 Å².